The average molecular weight is 724 g/mol. The van der Waals surface area contributed by atoms with Gasteiger partial charge in [0.15, 0.2) is 0 Å². The van der Waals surface area contributed by atoms with Crippen LogP contribution in [0.4, 0.5) is 30.6 Å². The van der Waals surface area contributed by atoms with E-state index in [-0.39, 0.29) is 22.8 Å². The molecule has 3 aromatic carbocycles. The molecule has 2 aliphatic heterocycles. The van der Waals surface area contributed by atoms with Gasteiger partial charge in [-0.05, 0) is 0 Å². The first-order valence-electron chi connectivity index (χ1n) is 13.2. The molecule has 0 aliphatic carbocycles. The predicted molar refractivity (Wildman–Crippen MR) is 156 cm³/mol. The van der Waals surface area contributed by atoms with Gasteiger partial charge in [0.1, 0.15) is 0 Å². The molecule has 0 radical (unpaired) electrons. The zero-order valence-corrected chi connectivity index (χ0v) is 26.6. The first kappa shape index (κ1) is 29.8. The molecule has 2 nitrogen and oxygen atoms in total. The van der Waals surface area contributed by atoms with Gasteiger partial charge in [-0.3, -0.25) is 0 Å². The number of benzene rings is 3. The number of hydrogen-bond acceptors (Lipinski definition) is 0. The molecular weight excluding hydrogens is 702 g/mol. The van der Waals surface area contributed by atoms with E-state index >= 15 is 17.4 Å². The molecule has 0 saturated carbocycles. The van der Waals surface area contributed by atoms with Crippen LogP contribution in [-0.4, -0.2) is 51.6 Å². The molecule has 12 heteroatoms. The second-order valence-electron chi connectivity index (χ2n) is 10.3. The Morgan fingerprint density at radius 3 is 1.70 bits per heavy atom. The molecule has 0 N–H and O–H groups in total. The maximum absolute atomic E-state index is 16.9. The van der Waals surface area contributed by atoms with Gasteiger partial charge in [-0.1, -0.05) is 0 Å². The number of nitrogens with zero attached hydrogens (tertiary/aromatic N) is 2. The van der Waals surface area contributed by atoms with Gasteiger partial charge in [-0.25, -0.2) is 0 Å². The Morgan fingerprint density at radius 2 is 1.16 bits per heavy atom. The van der Waals surface area contributed by atoms with Gasteiger partial charge in [0, 0.05) is 0 Å². The van der Waals surface area contributed by atoms with Crippen LogP contribution in [0.3, 0.4) is 0 Å². The van der Waals surface area contributed by atoms with E-state index in [2.05, 4.69) is 0 Å². The molecule has 2 aliphatic rings. The third kappa shape index (κ3) is 4.41. The normalized spacial score (nSPS) is 15.9. The Morgan fingerprint density at radius 1 is 0.674 bits per heavy atom. The first-order valence-corrected chi connectivity index (χ1v) is 16.6. The minimum absolute atomic E-state index is 0.175. The summed E-state index contributed by atoms with van der Waals surface area (Å²) in [6.07, 6.45) is 0. The monoisotopic (exact) mass is 726 g/mol. The molecule has 0 bridgehead atoms. The number of aromatic nitrogens is 1. The molecule has 0 unspecified atom stereocenters. The molecule has 0 amide bonds. The van der Waals surface area contributed by atoms with E-state index in [0.29, 0.717) is 20.1 Å². The summed E-state index contributed by atoms with van der Waals surface area (Å²) in [6, 6.07) is 18.3. The molecule has 0 spiro atoms. The summed E-state index contributed by atoms with van der Waals surface area (Å²) < 4.78 is 113. The zero-order chi connectivity index (χ0) is 31.0. The fourth-order valence-corrected chi connectivity index (χ4v) is 10.2. The van der Waals surface area contributed by atoms with Crippen LogP contribution < -0.4 is 13.4 Å². The molecular formula is C31H22BF7N2Se2. The van der Waals surface area contributed by atoms with Crippen LogP contribution in [0.2, 0.25) is 0 Å². The quantitative estimate of drug-likeness (QED) is 0.115. The van der Waals surface area contributed by atoms with Crippen molar-refractivity contribution in [3.05, 3.63) is 128 Å². The molecule has 4 aromatic rings. The average Bonchev–Trinajstić information content (AvgIpc) is 3.39. The molecule has 1 aromatic heterocycles. The van der Waals surface area contributed by atoms with E-state index in [0.717, 1.165) is 17.9 Å². The van der Waals surface area contributed by atoms with Gasteiger partial charge in [-0.15, -0.1) is 0 Å². The van der Waals surface area contributed by atoms with Gasteiger partial charge in [0.2, 0.25) is 0 Å². The predicted octanol–water partition coefficient (Wildman–Crippen LogP) is 5.24. The van der Waals surface area contributed by atoms with Crippen LogP contribution in [0, 0.1) is 42.9 Å². The SMILES string of the molecule is CC1=C([Se]c2ccccc2)C(C)=[N+]2C1=C(c1c(F)c(F)c(F)c(F)c1F)c1c(C)c([Se]c3ccccc3)c(C)n1[B-]2(F)F. The summed E-state index contributed by atoms with van der Waals surface area (Å²) in [7, 11) is 0. The first-order chi connectivity index (χ1) is 20.4. The van der Waals surface area contributed by atoms with Crippen molar-refractivity contribution in [2.45, 2.75) is 27.7 Å². The van der Waals surface area contributed by atoms with Crippen molar-refractivity contribution in [1.82, 2.24) is 4.48 Å². The minimum atomic E-state index is -4.63. The summed E-state index contributed by atoms with van der Waals surface area (Å²) in [5, 5.41) is 0. The van der Waals surface area contributed by atoms with Crippen molar-refractivity contribution in [2.75, 3.05) is 0 Å². The standard InChI is InChI=1S/C31H22BF7N2Se2/c1-15-28-22(21-23(33)25(35)27(37)26(36)24(21)34)29-16(2)31(43-20-13-9-6-10-14-20)18(4)41(29)32(38,39)40(28)17(3)30(15)42-19-11-7-5-8-12-19/h5-14H,1-4H3. The van der Waals surface area contributed by atoms with Crippen LogP contribution in [0.1, 0.15) is 36.4 Å². The summed E-state index contributed by atoms with van der Waals surface area (Å²) in [5.74, 6) is -10.7. The summed E-state index contributed by atoms with van der Waals surface area (Å²) in [5.41, 5.74) is -1.18. The van der Waals surface area contributed by atoms with Gasteiger partial charge in [0.25, 0.3) is 0 Å². The van der Waals surface area contributed by atoms with Crippen molar-refractivity contribution >= 4 is 61.6 Å². The summed E-state index contributed by atoms with van der Waals surface area (Å²) in [4.78, 5) is 0. The van der Waals surface area contributed by atoms with E-state index in [1.54, 1.807) is 13.8 Å². The van der Waals surface area contributed by atoms with Gasteiger partial charge in [-0.2, -0.15) is 0 Å². The Bertz CT molecular complexity index is 1900. The topological polar surface area (TPSA) is 7.94 Å². The maximum atomic E-state index is 16.9. The zero-order valence-electron chi connectivity index (χ0n) is 23.2. The van der Waals surface area contributed by atoms with Crippen LogP contribution in [0.15, 0.2) is 76.4 Å². The molecule has 220 valence electrons. The van der Waals surface area contributed by atoms with Gasteiger partial charge in [0.05, 0.1) is 0 Å². The van der Waals surface area contributed by atoms with Gasteiger partial charge < -0.3 is 0 Å². The number of fused-ring (bicyclic) bond motifs is 2. The number of allylic oxidation sites excluding steroid dienone is 2. The Balaban J connectivity index is 1.74. The second kappa shape index (κ2) is 10.7. The third-order valence-corrected chi connectivity index (χ3v) is 13.2. The second-order valence-corrected chi connectivity index (χ2v) is 14.8. The molecule has 6 rings (SSSR count). The van der Waals surface area contributed by atoms with Gasteiger partial charge >= 0.3 is 257 Å². The summed E-state index contributed by atoms with van der Waals surface area (Å²) in [6.45, 7) is 1.51. The molecule has 43 heavy (non-hydrogen) atoms. The number of rotatable bonds is 5. The van der Waals surface area contributed by atoms with E-state index in [4.69, 9.17) is 0 Å². The molecule has 3 heterocycles. The van der Waals surface area contributed by atoms with Crippen molar-refractivity contribution in [1.29, 1.82) is 0 Å². The Hall–Kier alpha value is -3.30. The Kier molecular flexibility index (Phi) is 7.41. The van der Waals surface area contributed by atoms with Crippen LogP contribution in [0.5, 0.6) is 0 Å². The van der Waals surface area contributed by atoms with Crippen molar-refractivity contribution < 1.29 is 35.1 Å². The molecule has 0 fully saturated rings. The van der Waals surface area contributed by atoms with Crippen LogP contribution >= 0.6 is 0 Å². The van der Waals surface area contributed by atoms with E-state index in [1.807, 2.05) is 60.7 Å². The van der Waals surface area contributed by atoms with Crippen molar-refractivity contribution in [3.63, 3.8) is 0 Å². The number of halogens is 7. The van der Waals surface area contributed by atoms with Crippen molar-refractivity contribution in [3.8, 4) is 0 Å². The van der Waals surface area contributed by atoms with E-state index in [9.17, 15) is 13.2 Å². The van der Waals surface area contributed by atoms with E-state index in [1.165, 1.54) is 13.8 Å². The van der Waals surface area contributed by atoms with E-state index < -0.39 is 77.1 Å². The Labute approximate surface area is 256 Å². The fraction of sp³-hybridized carbons (Fsp3) is 0.129. The fourth-order valence-electron chi connectivity index (χ4n) is 5.87. The van der Waals surface area contributed by atoms with Crippen LogP contribution in [0.25, 0.3) is 5.57 Å². The third-order valence-electron chi connectivity index (χ3n) is 7.73. The molecule has 0 atom stereocenters. The summed E-state index contributed by atoms with van der Waals surface area (Å²) >= 11 is -0.985. The molecule has 0 saturated heterocycles. The van der Waals surface area contributed by atoms with Crippen molar-refractivity contribution in [2.24, 2.45) is 0 Å². The van der Waals surface area contributed by atoms with Crippen LogP contribution in [-0.2, 0) is 0 Å². The number of hydrogen-bond donors (Lipinski definition) is 0.